The third-order valence-corrected chi connectivity index (χ3v) is 4.27. The van der Waals surface area contributed by atoms with Crippen molar-refractivity contribution < 1.29 is 4.74 Å². The number of hydrogen-bond acceptors (Lipinski definition) is 2. The maximum atomic E-state index is 6.19. The van der Waals surface area contributed by atoms with Gasteiger partial charge in [-0.1, -0.05) is 29.5 Å². The molecule has 0 unspecified atom stereocenters. The fourth-order valence-electron chi connectivity index (χ4n) is 1.75. The van der Waals surface area contributed by atoms with Gasteiger partial charge < -0.3 is 10.5 Å². The van der Waals surface area contributed by atoms with Crippen LogP contribution in [0.1, 0.15) is 39.0 Å². The van der Waals surface area contributed by atoms with Crippen molar-refractivity contribution >= 4 is 35.0 Å². The van der Waals surface area contributed by atoms with Gasteiger partial charge >= 0.3 is 0 Å². The van der Waals surface area contributed by atoms with E-state index in [0.29, 0.717) is 6.10 Å². The van der Waals surface area contributed by atoms with Crippen LogP contribution in [0.15, 0.2) is 0 Å². The number of hydrogen-bond donors (Lipinski definition) is 1. The third-order valence-electron chi connectivity index (χ3n) is 2.75. The van der Waals surface area contributed by atoms with Crippen LogP contribution in [0.2, 0.25) is 0 Å². The van der Waals surface area contributed by atoms with Gasteiger partial charge in [0.1, 0.15) is 0 Å². The molecule has 0 heterocycles. The fraction of sp³-hybridized carbons (Fsp3) is 1.00. The van der Waals surface area contributed by atoms with Gasteiger partial charge in [-0.3, -0.25) is 0 Å². The maximum Gasteiger partial charge on any atom is 0.0576 e. The zero-order valence-electron chi connectivity index (χ0n) is 8.80. The first-order chi connectivity index (χ1) is 6.20. The molecule has 1 fully saturated rings. The first-order valence-corrected chi connectivity index (χ1v) is 6.69. The second-order valence-electron chi connectivity index (χ2n) is 4.07. The van der Waals surface area contributed by atoms with Crippen molar-refractivity contribution in [3.05, 3.63) is 0 Å². The number of nitrogens with two attached hydrogens (primary N) is 1. The summed E-state index contributed by atoms with van der Waals surface area (Å²) in [4.78, 5) is 0. The molecule has 0 aromatic heterocycles. The Morgan fingerprint density at radius 1 is 1.43 bits per heavy atom. The van der Waals surface area contributed by atoms with Crippen LogP contribution < -0.4 is 5.73 Å². The summed E-state index contributed by atoms with van der Waals surface area (Å²) in [6, 6.07) is 0. The molecule has 4 heteroatoms. The normalized spacial score (nSPS) is 32.4. The monoisotopic (exact) mass is 333 g/mol. The summed E-state index contributed by atoms with van der Waals surface area (Å²) >= 11 is 2.39. The highest BCUT2D eigenvalue weighted by atomic mass is 127. The van der Waals surface area contributed by atoms with Crippen molar-refractivity contribution in [2.45, 2.75) is 50.7 Å². The number of alkyl halides is 1. The van der Waals surface area contributed by atoms with Crippen LogP contribution in [0.3, 0.4) is 0 Å². The van der Waals surface area contributed by atoms with Crippen molar-refractivity contribution in [2.75, 3.05) is 11.0 Å². The highest BCUT2D eigenvalue weighted by Crippen LogP contribution is 2.29. The summed E-state index contributed by atoms with van der Waals surface area (Å²) in [6.07, 6.45) is 6.17. The van der Waals surface area contributed by atoms with Crippen LogP contribution >= 0.6 is 35.0 Å². The Morgan fingerprint density at radius 2 is 2.00 bits per heavy atom. The number of rotatable bonds is 4. The summed E-state index contributed by atoms with van der Waals surface area (Å²) < 4.78 is 6.79. The molecule has 2 nitrogen and oxygen atoms in total. The van der Waals surface area contributed by atoms with E-state index in [0.717, 1.165) is 43.1 Å². The molecule has 0 spiro atoms. The average Bonchev–Trinajstić information content (AvgIpc) is 2.17. The lowest BCUT2D eigenvalue weighted by molar-refractivity contribution is 0.0168. The summed E-state index contributed by atoms with van der Waals surface area (Å²) in [5, 5.41) is 0. The molecule has 0 aromatic rings. The Hall–Kier alpha value is 0.940. The third kappa shape index (κ3) is 4.64. The lowest BCUT2D eigenvalue weighted by atomic mass is 9.83. The van der Waals surface area contributed by atoms with E-state index in [9.17, 15) is 0 Å². The molecule has 86 valence electrons. The van der Waals surface area contributed by atoms with E-state index >= 15 is 0 Å². The Bertz CT molecular complexity index is 149. The van der Waals surface area contributed by atoms with E-state index in [-0.39, 0.29) is 17.9 Å². The lowest BCUT2D eigenvalue weighted by Gasteiger charge is -2.35. The topological polar surface area (TPSA) is 35.2 Å². The van der Waals surface area contributed by atoms with Crippen LogP contribution in [-0.2, 0) is 4.74 Å². The predicted molar refractivity (Wildman–Crippen MR) is 71.6 cm³/mol. The van der Waals surface area contributed by atoms with Crippen molar-refractivity contribution in [3.63, 3.8) is 0 Å². The van der Waals surface area contributed by atoms with Gasteiger partial charge in [0.05, 0.1) is 6.10 Å². The second-order valence-corrected chi connectivity index (χ2v) is 4.83. The molecule has 0 radical (unpaired) electrons. The molecule has 1 aliphatic rings. The summed E-state index contributed by atoms with van der Waals surface area (Å²) in [7, 11) is 0. The second kappa shape index (κ2) is 7.25. The van der Waals surface area contributed by atoms with Gasteiger partial charge in [-0.05, 0) is 32.1 Å². The molecular formula is C10H21ClINO. The summed E-state index contributed by atoms with van der Waals surface area (Å²) in [6.45, 7) is 3.06. The number of halogens is 2. The fourth-order valence-corrected chi connectivity index (χ4v) is 2.51. The molecule has 1 saturated carbocycles. The molecule has 0 aromatic carbocycles. The van der Waals surface area contributed by atoms with Crippen LogP contribution in [0.25, 0.3) is 0 Å². The smallest absolute Gasteiger partial charge is 0.0576 e. The van der Waals surface area contributed by atoms with Gasteiger partial charge in [-0.25, -0.2) is 0 Å². The quantitative estimate of drug-likeness (QED) is 0.634. The largest absolute Gasteiger partial charge is 0.378 e. The molecular weight excluding hydrogens is 312 g/mol. The zero-order valence-corrected chi connectivity index (χ0v) is 11.8. The van der Waals surface area contributed by atoms with Gasteiger partial charge in [0.2, 0.25) is 0 Å². The van der Waals surface area contributed by atoms with Crippen LogP contribution in [0, 0.1) is 0 Å². The van der Waals surface area contributed by atoms with Gasteiger partial charge in [0.25, 0.3) is 0 Å². The van der Waals surface area contributed by atoms with E-state index in [4.69, 9.17) is 10.5 Å². The van der Waals surface area contributed by atoms with Crippen LogP contribution in [-0.4, -0.2) is 22.7 Å². The summed E-state index contributed by atoms with van der Waals surface area (Å²) in [5.41, 5.74) is 6.29. The molecule has 0 bridgehead atoms. The standard InChI is InChI=1S/C10H20INO.ClH/c1-2-7-13-9-3-5-10(12,8-11)6-4-9;/h9H,2-8,12H2,1H3;1H. The van der Waals surface area contributed by atoms with E-state index in [2.05, 4.69) is 29.5 Å². The Labute approximate surface area is 107 Å². The minimum Gasteiger partial charge on any atom is -0.378 e. The molecule has 1 rings (SSSR count). The molecule has 0 saturated heterocycles. The Kier molecular flexibility index (Phi) is 7.74. The molecule has 0 aliphatic heterocycles. The molecule has 14 heavy (non-hydrogen) atoms. The molecule has 0 atom stereocenters. The van der Waals surface area contributed by atoms with E-state index in [1.165, 1.54) is 0 Å². The van der Waals surface area contributed by atoms with Gasteiger partial charge in [-0.2, -0.15) is 0 Å². The van der Waals surface area contributed by atoms with Crippen molar-refractivity contribution in [1.82, 2.24) is 0 Å². The van der Waals surface area contributed by atoms with Gasteiger partial charge in [0.15, 0.2) is 0 Å². The Morgan fingerprint density at radius 3 is 2.43 bits per heavy atom. The number of ether oxygens (including phenoxy) is 1. The van der Waals surface area contributed by atoms with Crippen molar-refractivity contribution in [1.29, 1.82) is 0 Å². The first-order valence-electron chi connectivity index (χ1n) is 5.16. The van der Waals surface area contributed by atoms with E-state index < -0.39 is 0 Å². The highest BCUT2D eigenvalue weighted by molar-refractivity contribution is 14.1. The van der Waals surface area contributed by atoms with Gasteiger partial charge in [-0.15, -0.1) is 12.4 Å². The van der Waals surface area contributed by atoms with Crippen LogP contribution in [0.5, 0.6) is 0 Å². The maximum absolute atomic E-state index is 6.19. The van der Waals surface area contributed by atoms with E-state index in [1.807, 2.05) is 0 Å². The summed E-state index contributed by atoms with van der Waals surface area (Å²) in [5.74, 6) is 0. The zero-order chi connectivity index (χ0) is 9.73. The minimum atomic E-state index is 0. The molecule has 1 aliphatic carbocycles. The van der Waals surface area contributed by atoms with Crippen LogP contribution in [0.4, 0.5) is 0 Å². The Balaban J connectivity index is 0.00000169. The lowest BCUT2D eigenvalue weighted by Crippen LogP contribution is -2.46. The van der Waals surface area contributed by atoms with E-state index in [1.54, 1.807) is 0 Å². The highest BCUT2D eigenvalue weighted by Gasteiger charge is 2.30. The minimum absolute atomic E-state index is 0. The first kappa shape index (κ1) is 14.9. The average molecular weight is 334 g/mol. The SMILES string of the molecule is CCCOC1CCC(N)(CI)CC1.Cl. The molecule has 0 amide bonds. The van der Waals surface area contributed by atoms with Crippen molar-refractivity contribution in [2.24, 2.45) is 5.73 Å². The predicted octanol–water partition coefficient (Wildman–Crippen LogP) is 2.91. The van der Waals surface area contributed by atoms with Gasteiger partial charge in [0, 0.05) is 16.6 Å². The van der Waals surface area contributed by atoms with Crippen molar-refractivity contribution in [3.8, 4) is 0 Å². The molecule has 2 N–H and O–H groups in total.